The van der Waals surface area contributed by atoms with E-state index in [2.05, 4.69) is 0 Å². The lowest BCUT2D eigenvalue weighted by Gasteiger charge is -2.13. The lowest BCUT2D eigenvalue weighted by Crippen LogP contribution is -2.44. The first kappa shape index (κ1) is 13.3. The average molecular weight is 228 g/mol. The van der Waals surface area contributed by atoms with Crippen molar-refractivity contribution in [1.82, 2.24) is 5.01 Å². The van der Waals surface area contributed by atoms with Crippen molar-refractivity contribution in [1.29, 1.82) is 5.41 Å². The van der Waals surface area contributed by atoms with Crippen LogP contribution in [0.3, 0.4) is 0 Å². The van der Waals surface area contributed by atoms with Crippen LogP contribution in [0.4, 0.5) is 0 Å². The first-order valence-corrected chi connectivity index (χ1v) is 5.03. The van der Waals surface area contributed by atoms with Crippen LogP contribution in [-0.2, 0) is 9.30 Å². The van der Waals surface area contributed by atoms with E-state index in [1.807, 2.05) is 0 Å². The number of ether oxygens (including phenoxy) is 1. The van der Waals surface area contributed by atoms with Gasteiger partial charge in [-0.25, -0.2) is 10.4 Å². The van der Waals surface area contributed by atoms with Crippen molar-refractivity contribution in [2.24, 2.45) is 11.6 Å². The van der Waals surface area contributed by atoms with Gasteiger partial charge in [0.2, 0.25) is 5.96 Å². The number of hydrazine groups is 1. The lowest BCUT2D eigenvalue weighted by molar-refractivity contribution is 0.275. The molecule has 0 aromatic carbocycles. The summed E-state index contributed by atoms with van der Waals surface area (Å²) < 4.78 is 13.7. The van der Waals surface area contributed by atoms with Gasteiger partial charge in [0.15, 0.2) is 0 Å². The second-order valence-corrected chi connectivity index (χ2v) is 3.53. The Balaban J connectivity index is 0.000000292. The summed E-state index contributed by atoms with van der Waals surface area (Å²) in [5.41, 5.74) is 5.04. The molecular formula is C4H13N4O5P. The molecule has 8 N–H and O–H groups in total. The number of nitrogens with two attached hydrogens (primary N) is 2. The Kier molecular flexibility index (Phi) is 4.99. The Bertz CT molecular complexity index is 230. The summed E-state index contributed by atoms with van der Waals surface area (Å²) in [7, 11) is -4.64. The van der Waals surface area contributed by atoms with Crippen LogP contribution in [0.2, 0.25) is 0 Å². The number of rotatable bonds is 2. The fourth-order valence-electron chi connectivity index (χ4n) is 0.491. The smallest absolute Gasteiger partial charge is 0.371 e. The lowest BCUT2D eigenvalue weighted by atomic mass is 10.5. The van der Waals surface area contributed by atoms with Crippen molar-refractivity contribution >= 4 is 13.8 Å². The van der Waals surface area contributed by atoms with E-state index in [9.17, 15) is 0 Å². The zero-order valence-corrected chi connectivity index (χ0v) is 8.09. The Morgan fingerprint density at radius 2 is 2.00 bits per heavy atom. The number of guanidine groups is 1. The van der Waals surface area contributed by atoms with E-state index < -0.39 is 7.82 Å². The molecule has 0 amide bonds. The third-order valence-corrected chi connectivity index (χ3v) is 1.11. The van der Waals surface area contributed by atoms with E-state index in [0.29, 0.717) is 6.54 Å². The second-order valence-electron chi connectivity index (χ2n) is 2.51. The van der Waals surface area contributed by atoms with Gasteiger partial charge >= 0.3 is 7.82 Å². The molecule has 0 saturated carbocycles. The summed E-state index contributed by atoms with van der Waals surface area (Å²) in [6.07, 6.45) is 0.193. The predicted octanol–water partition coefficient (Wildman–Crippen LogP) is -2.47. The molecule has 0 bridgehead atoms. The zero-order chi connectivity index (χ0) is 11.4. The minimum absolute atomic E-state index is 0.120. The number of hydrogen-bond donors (Lipinski definition) is 6. The number of nitrogens with one attached hydrogen (secondary N) is 1. The van der Waals surface area contributed by atoms with Gasteiger partial charge < -0.3 is 25.2 Å². The summed E-state index contributed by atoms with van der Waals surface area (Å²) in [6, 6.07) is 0. The SMILES string of the molecule is N=C(N)N(N)CC1CO1.O=P(O)(O)O. The van der Waals surface area contributed by atoms with Crippen LogP contribution in [0.15, 0.2) is 0 Å². The van der Waals surface area contributed by atoms with E-state index in [4.69, 9.17) is 41.0 Å². The van der Waals surface area contributed by atoms with E-state index in [-0.39, 0.29) is 12.1 Å². The molecule has 14 heavy (non-hydrogen) atoms. The van der Waals surface area contributed by atoms with Gasteiger partial charge in [-0.3, -0.25) is 10.4 Å². The molecule has 1 unspecified atom stereocenters. The highest BCUT2D eigenvalue weighted by atomic mass is 31.2. The quantitative estimate of drug-likeness (QED) is 0.0753. The van der Waals surface area contributed by atoms with E-state index in [0.717, 1.165) is 11.6 Å². The maximum atomic E-state index is 8.88. The highest BCUT2D eigenvalue weighted by molar-refractivity contribution is 7.45. The highest BCUT2D eigenvalue weighted by Gasteiger charge is 2.24. The summed E-state index contributed by atoms with van der Waals surface area (Å²) in [6.45, 7) is 1.26. The van der Waals surface area contributed by atoms with Crippen molar-refractivity contribution in [3.05, 3.63) is 0 Å². The molecule has 0 aromatic heterocycles. The van der Waals surface area contributed by atoms with Gasteiger partial charge in [0.05, 0.1) is 13.2 Å². The maximum absolute atomic E-state index is 8.88. The minimum atomic E-state index is -4.64. The zero-order valence-electron chi connectivity index (χ0n) is 7.20. The van der Waals surface area contributed by atoms with Crippen molar-refractivity contribution in [3.8, 4) is 0 Å². The van der Waals surface area contributed by atoms with Gasteiger partial charge in [0.1, 0.15) is 6.10 Å². The van der Waals surface area contributed by atoms with Gasteiger partial charge in [-0.1, -0.05) is 0 Å². The van der Waals surface area contributed by atoms with Crippen LogP contribution in [0.1, 0.15) is 0 Å². The van der Waals surface area contributed by atoms with Crippen molar-refractivity contribution < 1.29 is 24.0 Å². The minimum Gasteiger partial charge on any atom is -0.371 e. The molecule has 0 radical (unpaired) electrons. The van der Waals surface area contributed by atoms with Crippen LogP contribution in [0.5, 0.6) is 0 Å². The van der Waals surface area contributed by atoms with E-state index in [1.54, 1.807) is 0 Å². The summed E-state index contributed by atoms with van der Waals surface area (Å²) >= 11 is 0. The Labute approximate surface area is 80.0 Å². The van der Waals surface area contributed by atoms with Crippen LogP contribution < -0.4 is 11.6 Å². The van der Waals surface area contributed by atoms with Crippen LogP contribution in [0, 0.1) is 5.41 Å². The largest absolute Gasteiger partial charge is 0.466 e. The monoisotopic (exact) mass is 228 g/mol. The van der Waals surface area contributed by atoms with Gasteiger partial charge in [-0.05, 0) is 0 Å². The van der Waals surface area contributed by atoms with Crippen molar-refractivity contribution in [2.75, 3.05) is 13.2 Å². The van der Waals surface area contributed by atoms with Gasteiger partial charge in [0.25, 0.3) is 0 Å². The molecular weight excluding hydrogens is 215 g/mol. The molecule has 0 aromatic rings. The Morgan fingerprint density at radius 3 is 2.21 bits per heavy atom. The molecule has 1 fully saturated rings. The summed E-state index contributed by atoms with van der Waals surface area (Å²) in [5.74, 6) is 5.14. The fraction of sp³-hybridized carbons (Fsp3) is 0.750. The van der Waals surface area contributed by atoms with Crippen molar-refractivity contribution in [2.45, 2.75) is 6.10 Å². The number of epoxide rings is 1. The van der Waals surface area contributed by atoms with Crippen LogP contribution in [0.25, 0.3) is 0 Å². The third kappa shape index (κ3) is 11.3. The molecule has 1 saturated heterocycles. The summed E-state index contributed by atoms with van der Waals surface area (Å²) in [5, 5.41) is 8.01. The van der Waals surface area contributed by atoms with Gasteiger partial charge in [-0.15, -0.1) is 0 Å². The van der Waals surface area contributed by atoms with Crippen molar-refractivity contribution in [3.63, 3.8) is 0 Å². The number of nitrogens with zero attached hydrogens (tertiary/aromatic N) is 1. The standard InChI is InChI=1S/C4H10N4O.H3O4P/c5-4(6)8(7)1-3-2-9-3;1-5(2,3)4/h3H,1-2,7H2,(H3,5,6);(H3,1,2,3,4). The molecule has 1 heterocycles. The average Bonchev–Trinajstić information content (AvgIpc) is 2.67. The molecule has 1 atom stereocenters. The van der Waals surface area contributed by atoms with E-state index in [1.165, 1.54) is 0 Å². The molecule has 1 rings (SSSR count). The molecule has 0 spiro atoms. The molecule has 84 valence electrons. The molecule has 1 aliphatic heterocycles. The maximum Gasteiger partial charge on any atom is 0.466 e. The van der Waals surface area contributed by atoms with E-state index >= 15 is 0 Å². The predicted molar refractivity (Wildman–Crippen MR) is 46.8 cm³/mol. The second kappa shape index (κ2) is 5.25. The van der Waals surface area contributed by atoms with Gasteiger partial charge in [-0.2, -0.15) is 0 Å². The highest BCUT2D eigenvalue weighted by Crippen LogP contribution is 2.25. The van der Waals surface area contributed by atoms with Crippen LogP contribution >= 0.6 is 7.82 Å². The summed E-state index contributed by atoms with van der Waals surface area (Å²) in [4.78, 5) is 21.6. The Hall–Kier alpha value is -0.700. The fourth-order valence-corrected chi connectivity index (χ4v) is 0.491. The molecule has 10 heteroatoms. The third-order valence-electron chi connectivity index (χ3n) is 1.11. The number of phosphoric acid groups is 1. The first-order chi connectivity index (χ1) is 6.20. The number of hydrogen-bond acceptors (Lipinski definition) is 4. The molecule has 9 nitrogen and oxygen atoms in total. The van der Waals surface area contributed by atoms with Crippen LogP contribution in [-0.4, -0.2) is 44.9 Å². The molecule has 1 aliphatic rings. The molecule has 0 aliphatic carbocycles. The van der Waals surface area contributed by atoms with Gasteiger partial charge in [0, 0.05) is 0 Å². The Morgan fingerprint density at radius 1 is 1.64 bits per heavy atom. The normalized spacial score (nSPS) is 19.3. The first-order valence-electron chi connectivity index (χ1n) is 3.46. The topological polar surface area (TPSA) is 169 Å².